The van der Waals surface area contributed by atoms with Crippen LogP contribution in [0.15, 0.2) is 77.7 Å². The van der Waals surface area contributed by atoms with Gasteiger partial charge in [-0.1, -0.05) is 61.5 Å². The van der Waals surface area contributed by atoms with E-state index in [1.54, 1.807) is 12.3 Å². The first-order valence-corrected chi connectivity index (χ1v) is 11.9. The molecule has 4 rings (SSSR count). The maximum absolute atomic E-state index is 12.7. The van der Waals surface area contributed by atoms with Gasteiger partial charge in [0.05, 0.1) is 12.1 Å². The smallest absolute Gasteiger partial charge is 0.254 e. The van der Waals surface area contributed by atoms with E-state index in [0.29, 0.717) is 17.9 Å². The highest BCUT2D eigenvalue weighted by atomic mass is 16.5. The summed E-state index contributed by atoms with van der Waals surface area (Å²) in [5.74, 6) is 0.370. The molecular formula is C28H32N2O4. The Bertz CT molecular complexity index is 1150. The van der Waals surface area contributed by atoms with Crippen molar-refractivity contribution < 1.29 is 14.6 Å². The lowest BCUT2D eigenvalue weighted by molar-refractivity contribution is -0.0256. The highest BCUT2D eigenvalue weighted by molar-refractivity contribution is 5.95. The third-order valence-corrected chi connectivity index (χ3v) is 6.66. The fourth-order valence-electron chi connectivity index (χ4n) is 4.23. The van der Waals surface area contributed by atoms with Crippen molar-refractivity contribution in [1.29, 1.82) is 0 Å². The van der Waals surface area contributed by atoms with E-state index < -0.39 is 5.60 Å². The maximum atomic E-state index is 12.7. The number of aromatic nitrogens is 1. The van der Waals surface area contributed by atoms with Crippen molar-refractivity contribution >= 4 is 5.78 Å². The molecule has 1 aliphatic rings. The minimum absolute atomic E-state index is 0.0150. The summed E-state index contributed by atoms with van der Waals surface area (Å²) in [6.07, 6.45) is 3.99. The molecule has 3 aromatic rings. The molecule has 0 saturated carbocycles. The molecule has 178 valence electrons. The van der Waals surface area contributed by atoms with Gasteiger partial charge in [0.25, 0.3) is 5.56 Å². The van der Waals surface area contributed by atoms with Crippen LogP contribution in [0.3, 0.4) is 0 Å². The van der Waals surface area contributed by atoms with Gasteiger partial charge in [0, 0.05) is 37.5 Å². The largest absolute Gasteiger partial charge is 0.489 e. The number of ether oxygens (including phenoxy) is 1. The lowest BCUT2D eigenvalue weighted by Crippen LogP contribution is -2.43. The number of pyridine rings is 1. The Labute approximate surface area is 200 Å². The number of rotatable bonds is 9. The second-order valence-electron chi connectivity index (χ2n) is 9.08. The van der Waals surface area contributed by atoms with Crippen molar-refractivity contribution in [3.05, 3.63) is 100.0 Å². The van der Waals surface area contributed by atoms with Gasteiger partial charge in [-0.05, 0) is 36.5 Å². The van der Waals surface area contributed by atoms with Gasteiger partial charge < -0.3 is 14.4 Å². The van der Waals surface area contributed by atoms with Gasteiger partial charge in [-0.15, -0.1) is 0 Å². The summed E-state index contributed by atoms with van der Waals surface area (Å²) < 4.78 is 7.09. The fourth-order valence-corrected chi connectivity index (χ4v) is 4.23. The molecule has 6 heteroatoms. The molecule has 6 nitrogen and oxygen atoms in total. The molecule has 0 aliphatic carbocycles. The summed E-state index contributed by atoms with van der Waals surface area (Å²) in [5.41, 5.74) is 1.95. The highest BCUT2D eigenvalue weighted by Crippen LogP contribution is 2.26. The Balaban J connectivity index is 1.30. The number of carbonyl (C=O) groups excluding carboxylic acids is 1. The van der Waals surface area contributed by atoms with Crippen molar-refractivity contribution in [3.63, 3.8) is 0 Å². The number of hydrogen-bond donors (Lipinski definition) is 1. The van der Waals surface area contributed by atoms with Gasteiger partial charge in [-0.3, -0.25) is 14.5 Å². The van der Waals surface area contributed by atoms with Gasteiger partial charge in [-0.2, -0.15) is 0 Å². The summed E-state index contributed by atoms with van der Waals surface area (Å²) >= 11 is 0. The molecule has 1 aliphatic heterocycles. The van der Waals surface area contributed by atoms with Crippen molar-refractivity contribution in [2.45, 2.75) is 51.5 Å². The zero-order valence-electron chi connectivity index (χ0n) is 19.7. The quantitative estimate of drug-likeness (QED) is 0.488. The van der Waals surface area contributed by atoms with Crippen molar-refractivity contribution in [2.24, 2.45) is 0 Å². The molecule has 0 spiro atoms. The van der Waals surface area contributed by atoms with Crippen LogP contribution in [0.4, 0.5) is 0 Å². The third-order valence-electron chi connectivity index (χ3n) is 6.66. The minimum Gasteiger partial charge on any atom is -0.489 e. The number of piperidine rings is 1. The zero-order valence-corrected chi connectivity index (χ0v) is 19.7. The van der Waals surface area contributed by atoms with Crippen molar-refractivity contribution in [2.75, 3.05) is 13.1 Å². The molecule has 1 fully saturated rings. The second-order valence-corrected chi connectivity index (χ2v) is 9.08. The third kappa shape index (κ3) is 6.22. The van der Waals surface area contributed by atoms with E-state index in [9.17, 15) is 14.7 Å². The molecule has 1 N–H and O–H groups in total. The molecule has 1 saturated heterocycles. The Morgan fingerprint density at radius 1 is 1.00 bits per heavy atom. The Morgan fingerprint density at radius 3 is 2.35 bits per heavy atom. The summed E-state index contributed by atoms with van der Waals surface area (Å²) in [6, 6.07) is 20.5. The van der Waals surface area contributed by atoms with Gasteiger partial charge in [-0.25, -0.2) is 0 Å². The molecule has 1 aromatic heterocycles. The minimum atomic E-state index is -0.517. The van der Waals surface area contributed by atoms with Crippen LogP contribution in [-0.2, 0) is 19.7 Å². The van der Waals surface area contributed by atoms with E-state index >= 15 is 0 Å². The number of nitrogens with zero attached hydrogens (tertiary/aromatic N) is 2. The van der Waals surface area contributed by atoms with Crippen LogP contribution in [0.2, 0.25) is 0 Å². The van der Waals surface area contributed by atoms with E-state index in [-0.39, 0.29) is 17.9 Å². The van der Waals surface area contributed by atoms with Crippen LogP contribution in [0, 0.1) is 0 Å². The molecule has 0 unspecified atom stereocenters. The van der Waals surface area contributed by atoms with Gasteiger partial charge in [0.2, 0.25) is 0 Å². The molecular weight excluding hydrogens is 428 g/mol. The first-order chi connectivity index (χ1) is 16.4. The molecule has 2 aromatic carbocycles. The Hall–Kier alpha value is -3.22. The predicted molar refractivity (Wildman–Crippen MR) is 132 cm³/mol. The second kappa shape index (κ2) is 10.8. The molecule has 0 amide bonds. The SMILES string of the molecule is CCC1(O)CCN(Cc2ccc(C(=O)Cn3ccc(OCc4ccccc4)cc3=O)cc2)CC1. The number of likely N-dealkylation sites (tertiary alicyclic amines) is 1. The van der Waals surface area contributed by atoms with Crippen molar-refractivity contribution in [3.8, 4) is 5.75 Å². The standard InChI is InChI=1S/C28H32N2O4/c1-2-28(33)13-16-29(17-14-28)19-22-8-10-24(11-9-22)26(31)20-30-15-12-25(18-27(30)32)34-21-23-6-4-3-5-7-23/h3-12,15,18,33H,2,13-14,16-17,19-21H2,1H3. The summed E-state index contributed by atoms with van der Waals surface area (Å²) in [5, 5.41) is 10.4. The monoisotopic (exact) mass is 460 g/mol. The van der Waals surface area contributed by atoms with Gasteiger partial charge in [0.15, 0.2) is 5.78 Å². The van der Waals surface area contributed by atoms with Crippen LogP contribution in [0.5, 0.6) is 5.75 Å². The van der Waals surface area contributed by atoms with E-state index in [0.717, 1.165) is 50.0 Å². The van der Waals surface area contributed by atoms with Crippen LogP contribution in [0.1, 0.15) is 47.7 Å². The van der Waals surface area contributed by atoms with E-state index in [1.807, 2.05) is 61.5 Å². The van der Waals surface area contributed by atoms with Crippen molar-refractivity contribution in [1.82, 2.24) is 9.47 Å². The van der Waals surface area contributed by atoms with Gasteiger partial charge >= 0.3 is 0 Å². The van der Waals surface area contributed by atoms with E-state index in [2.05, 4.69) is 4.90 Å². The normalized spacial score (nSPS) is 15.7. The van der Waals surface area contributed by atoms with Crippen LogP contribution in [-0.4, -0.2) is 39.0 Å². The topological polar surface area (TPSA) is 71.8 Å². The lowest BCUT2D eigenvalue weighted by atomic mass is 9.89. The Morgan fingerprint density at radius 2 is 1.71 bits per heavy atom. The maximum Gasteiger partial charge on any atom is 0.254 e. The van der Waals surface area contributed by atoms with E-state index in [4.69, 9.17) is 4.74 Å². The molecule has 0 radical (unpaired) electrons. The zero-order chi connectivity index (χ0) is 24.0. The number of Topliss-reactive ketones (excluding diaryl/α,β-unsaturated/α-hetero) is 1. The molecule has 34 heavy (non-hydrogen) atoms. The predicted octanol–water partition coefficient (Wildman–Crippen LogP) is 4.05. The number of carbonyl (C=O) groups is 1. The van der Waals surface area contributed by atoms with Crippen LogP contribution < -0.4 is 10.3 Å². The summed E-state index contributed by atoms with van der Waals surface area (Å²) in [7, 11) is 0. The van der Waals surface area contributed by atoms with E-state index in [1.165, 1.54) is 10.6 Å². The first kappa shape index (κ1) is 23.9. The average Bonchev–Trinajstić information content (AvgIpc) is 2.87. The van der Waals surface area contributed by atoms with Crippen LogP contribution >= 0.6 is 0 Å². The summed E-state index contributed by atoms with van der Waals surface area (Å²) in [6.45, 7) is 4.95. The highest BCUT2D eigenvalue weighted by Gasteiger charge is 2.30. The van der Waals surface area contributed by atoms with Crippen LogP contribution in [0.25, 0.3) is 0 Å². The summed E-state index contributed by atoms with van der Waals surface area (Å²) in [4.78, 5) is 27.5. The first-order valence-electron chi connectivity index (χ1n) is 11.9. The molecule has 0 bridgehead atoms. The fraction of sp³-hybridized carbons (Fsp3) is 0.357. The Kier molecular flexibility index (Phi) is 7.60. The number of benzene rings is 2. The average molecular weight is 461 g/mol. The van der Waals surface area contributed by atoms with Gasteiger partial charge in [0.1, 0.15) is 12.4 Å². The number of aliphatic hydroxyl groups is 1. The lowest BCUT2D eigenvalue weighted by Gasteiger charge is -2.37. The molecule has 2 heterocycles. The number of ketones is 1. The number of hydrogen-bond acceptors (Lipinski definition) is 5. The molecule has 0 atom stereocenters.